The maximum absolute atomic E-state index is 13.7. The van der Waals surface area contributed by atoms with E-state index in [2.05, 4.69) is 30.5 Å². The Labute approximate surface area is 193 Å². The molecule has 174 valence electrons. The number of rotatable bonds is 6. The molecule has 3 heterocycles. The number of likely N-dealkylation sites (N-methyl/N-ethyl adjacent to an activating group) is 1. The smallest absolute Gasteiger partial charge is 0.421 e. The molecule has 1 aliphatic heterocycles. The molecule has 4 rings (SSSR count). The number of nitrogens with one attached hydrogen (secondary N) is 2. The van der Waals surface area contributed by atoms with Gasteiger partial charge in [-0.1, -0.05) is 12.1 Å². The first-order chi connectivity index (χ1) is 15.8. The quantitative estimate of drug-likeness (QED) is 0.476. The van der Waals surface area contributed by atoms with Gasteiger partial charge in [0.15, 0.2) is 0 Å². The molecular formula is C22H23F3N6OS. The van der Waals surface area contributed by atoms with Gasteiger partial charge in [-0.05, 0) is 37.1 Å². The number of fused-ring (bicyclic) bond motifs is 1. The van der Waals surface area contributed by atoms with Crippen molar-refractivity contribution in [3.63, 3.8) is 0 Å². The number of hydrogen-bond donors (Lipinski definition) is 2. The zero-order chi connectivity index (χ0) is 23.6. The molecule has 0 saturated heterocycles. The summed E-state index contributed by atoms with van der Waals surface area (Å²) in [6.07, 6.45) is -1.20. The zero-order valence-electron chi connectivity index (χ0n) is 18.3. The number of methoxy groups -OCH3 is 1. The van der Waals surface area contributed by atoms with Crippen molar-refractivity contribution >= 4 is 34.9 Å². The summed E-state index contributed by atoms with van der Waals surface area (Å²) >= 11 is 1.42. The van der Waals surface area contributed by atoms with Crippen molar-refractivity contribution in [2.45, 2.75) is 24.0 Å². The number of nitrogens with zero attached hydrogens (tertiary/aromatic N) is 4. The molecule has 0 bridgehead atoms. The number of alkyl halides is 3. The third kappa shape index (κ3) is 5.14. The van der Waals surface area contributed by atoms with Crippen LogP contribution in [0.5, 0.6) is 5.88 Å². The second kappa shape index (κ2) is 9.44. The molecule has 11 heteroatoms. The molecular weight excluding hydrogens is 453 g/mol. The number of thioether (sulfide) groups is 1. The Morgan fingerprint density at radius 1 is 1.12 bits per heavy atom. The fourth-order valence-electron chi connectivity index (χ4n) is 3.58. The van der Waals surface area contributed by atoms with Gasteiger partial charge in [-0.15, -0.1) is 11.8 Å². The number of para-hydroxylation sites is 1. The number of aromatic nitrogens is 3. The average Bonchev–Trinajstić information content (AvgIpc) is 2.78. The molecule has 7 nitrogen and oxygen atoms in total. The Hall–Kier alpha value is -3.05. The Bertz CT molecular complexity index is 1160. The molecule has 0 spiro atoms. The lowest BCUT2D eigenvalue weighted by molar-refractivity contribution is -0.137. The highest BCUT2D eigenvalue weighted by Crippen LogP contribution is 2.37. The maximum atomic E-state index is 13.7. The first-order valence-electron chi connectivity index (χ1n) is 10.1. The van der Waals surface area contributed by atoms with Gasteiger partial charge in [0.05, 0.1) is 18.5 Å². The predicted molar refractivity (Wildman–Crippen MR) is 123 cm³/mol. The summed E-state index contributed by atoms with van der Waals surface area (Å²) < 4.78 is 46.4. The molecule has 33 heavy (non-hydrogen) atoms. The number of benzene rings is 1. The lowest BCUT2D eigenvalue weighted by Crippen LogP contribution is -2.27. The zero-order valence-corrected chi connectivity index (χ0v) is 19.1. The van der Waals surface area contributed by atoms with E-state index in [1.807, 2.05) is 31.5 Å². The van der Waals surface area contributed by atoms with Crippen LogP contribution in [0.25, 0.3) is 0 Å². The molecule has 0 amide bonds. The molecule has 3 aromatic rings. The summed E-state index contributed by atoms with van der Waals surface area (Å²) in [6, 6.07) is 8.97. The molecule has 0 aliphatic carbocycles. The second-order valence-corrected chi connectivity index (χ2v) is 8.39. The van der Waals surface area contributed by atoms with Gasteiger partial charge in [0.25, 0.3) is 0 Å². The fourth-order valence-corrected chi connectivity index (χ4v) is 4.13. The van der Waals surface area contributed by atoms with Crippen LogP contribution in [-0.2, 0) is 19.1 Å². The highest BCUT2D eigenvalue weighted by Gasteiger charge is 2.35. The topological polar surface area (TPSA) is 75.2 Å². The van der Waals surface area contributed by atoms with Crippen LogP contribution < -0.4 is 15.4 Å². The largest absolute Gasteiger partial charge is 0.480 e. The normalized spacial score (nSPS) is 14.0. The van der Waals surface area contributed by atoms with E-state index in [9.17, 15) is 13.2 Å². The SMILES string of the molecule is COc1nc2c(cc1Nc1ncc(C(F)(F)F)c(Nc3ccccc3SC)n1)CN(C)CC2. The summed E-state index contributed by atoms with van der Waals surface area (Å²) in [5, 5.41) is 5.80. The van der Waals surface area contributed by atoms with E-state index in [4.69, 9.17) is 4.74 Å². The minimum atomic E-state index is -4.62. The monoisotopic (exact) mass is 476 g/mol. The molecule has 1 aliphatic rings. The molecule has 1 aromatic carbocycles. The molecule has 0 saturated carbocycles. The van der Waals surface area contributed by atoms with Gasteiger partial charge in [0.1, 0.15) is 17.1 Å². The van der Waals surface area contributed by atoms with Crippen LogP contribution in [0.4, 0.5) is 36.3 Å². The molecule has 0 atom stereocenters. The van der Waals surface area contributed by atoms with Crippen LogP contribution >= 0.6 is 11.8 Å². The third-order valence-electron chi connectivity index (χ3n) is 5.22. The minimum absolute atomic E-state index is 0.00338. The van der Waals surface area contributed by atoms with Crippen molar-refractivity contribution in [1.82, 2.24) is 19.9 Å². The first kappa shape index (κ1) is 23.1. The first-order valence-corrected chi connectivity index (χ1v) is 11.4. The van der Waals surface area contributed by atoms with Gasteiger partial charge in [-0.2, -0.15) is 18.2 Å². The van der Waals surface area contributed by atoms with E-state index in [1.165, 1.54) is 18.9 Å². The highest BCUT2D eigenvalue weighted by atomic mass is 32.2. The minimum Gasteiger partial charge on any atom is -0.480 e. The van der Waals surface area contributed by atoms with Crippen molar-refractivity contribution in [3.05, 3.63) is 53.3 Å². The number of halogens is 3. The molecule has 0 unspecified atom stereocenters. The van der Waals surface area contributed by atoms with Gasteiger partial charge in [-0.25, -0.2) is 9.97 Å². The number of pyridine rings is 1. The Morgan fingerprint density at radius 3 is 2.64 bits per heavy atom. The van der Waals surface area contributed by atoms with E-state index in [1.54, 1.807) is 12.1 Å². The maximum Gasteiger partial charge on any atom is 0.421 e. The van der Waals surface area contributed by atoms with E-state index in [-0.39, 0.29) is 11.8 Å². The Kier molecular flexibility index (Phi) is 6.61. The fraction of sp³-hybridized carbons (Fsp3) is 0.318. The predicted octanol–water partition coefficient (Wildman–Crippen LogP) is 5.10. The van der Waals surface area contributed by atoms with E-state index < -0.39 is 11.7 Å². The summed E-state index contributed by atoms with van der Waals surface area (Å²) in [5.41, 5.74) is 2.02. The number of ether oxygens (including phenoxy) is 1. The van der Waals surface area contributed by atoms with Crippen LogP contribution in [0.15, 0.2) is 41.4 Å². The molecule has 2 N–H and O–H groups in total. The standard InChI is InChI=1S/C22H23F3N6OS/c1-31-9-8-15-13(12-31)10-17(20(28-15)32-2)29-21-26-11-14(22(23,24)25)19(30-21)27-16-6-4-5-7-18(16)33-3/h4-7,10-11H,8-9,12H2,1-3H3,(H2,26,27,29,30). The summed E-state index contributed by atoms with van der Waals surface area (Å²) in [6.45, 7) is 1.61. The van der Waals surface area contributed by atoms with Crippen LogP contribution in [-0.4, -0.2) is 46.8 Å². The lowest BCUT2D eigenvalue weighted by Gasteiger charge is -2.25. The highest BCUT2D eigenvalue weighted by molar-refractivity contribution is 7.98. The van der Waals surface area contributed by atoms with Gasteiger partial charge in [0.2, 0.25) is 11.8 Å². The average molecular weight is 477 g/mol. The van der Waals surface area contributed by atoms with E-state index in [0.717, 1.165) is 35.3 Å². The molecule has 0 fully saturated rings. The van der Waals surface area contributed by atoms with Crippen LogP contribution in [0.3, 0.4) is 0 Å². The van der Waals surface area contributed by atoms with Crippen molar-refractivity contribution in [1.29, 1.82) is 0 Å². The number of anilines is 4. The van der Waals surface area contributed by atoms with Crippen molar-refractivity contribution < 1.29 is 17.9 Å². The van der Waals surface area contributed by atoms with Gasteiger partial charge < -0.3 is 20.3 Å². The Morgan fingerprint density at radius 2 is 1.91 bits per heavy atom. The van der Waals surface area contributed by atoms with Gasteiger partial charge in [0, 0.05) is 30.6 Å². The van der Waals surface area contributed by atoms with Crippen molar-refractivity contribution in [3.8, 4) is 5.88 Å². The van der Waals surface area contributed by atoms with Crippen molar-refractivity contribution in [2.75, 3.05) is 37.6 Å². The third-order valence-corrected chi connectivity index (χ3v) is 6.02. The van der Waals surface area contributed by atoms with Gasteiger partial charge in [-0.3, -0.25) is 0 Å². The van der Waals surface area contributed by atoms with Gasteiger partial charge >= 0.3 is 6.18 Å². The Balaban J connectivity index is 1.71. The summed E-state index contributed by atoms with van der Waals surface area (Å²) in [5.74, 6) is -0.00787. The van der Waals surface area contributed by atoms with E-state index >= 15 is 0 Å². The molecule has 2 aromatic heterocycles. The number of hydrogen-bond acceptors (Lipinski definition) is 8. The summed E-state index contributed by atoms with van der Waals surface area (Å²) in [7, 11) is 3.51. The molecule has 0 radical (unpaired) electrons. The summed E-state index contributed by atoms with van der Waals surface area (Å²) in [4.78, 5) is 15.6. The van der Waals surface area contributed by atoms with E-state index in [0.29, 0.717) is 23.8 Å². The van der Waals surface area contributed by atoms with Crippen LogP contribution in [0.2, 0.25) is 0 Å². The van der Waals surface area contributed by atoms with Crippen molar-refractivity contribution in [2.24, 2.45) is 0 Å². The van der Waals surface area contributed by atoms with Crippen LogP contribution in [0.1, 0.15) is 16.8 Å². The van der Waals surface area contributed by atoms with Crippen LogP contribution in [0, 0.1) is 0 Å². The lowest BCUT2D eigenvalue weighted by atomic mass is 10.1. The second-order valence-electron chi connectivity index (χ2n) is 7.54.